The second kappa shape index (κ2) is 8.34. The molecule has 0 bridgehead atoms. The molecule has 0 amide bonds. The molecule has 4 heteroatoms. The standard InChI is InChI=1S/C19H23NO2.ClH/c1-15-5-4-8-19(11-15)22-14-18(21)13-20-10-9-16-6-2-3-7-17(16)12-20;/h2-8,11,18,21H,9-10,12-14H2,1H3;1H/p-1. The van der Waals surface area contributed by atoms with Crippen molar-refractivity contribution in [2.24, 2.45) is 0 Å². The van der Waals surface area contributed by atoms with Crippen LogP contribution in [0.1, 0.15) is 16.7 Å². The topological polar surface area (TPSA) is 32.7 Å². The predicted molar refractivity (Wildman–Crippen MR) is 88.1 cm³/mol. The number of β-amino-alcohol motifs (C(OH)–C–C–N with tert-alkyl or cyclic N) is 1. The molecule has 1 N–H and O–H groups in total. The molecule has 0 aromatic heterocycles. The molecule has 0 fully saturated rings. The van der Waals surface area contributed by atoms with Crippen LogP contribution in [-0.4, -0.2) is 35.8 Å². The van der Waals surface area contributed by atoms with E-state index >= 15 is 0 Å². The van der Waals surface area contributed by atoms with Gasteiger partial charge in [0.15, 0.2) is 0 Å². The van der Waals surface area contributed by atoms with E-state index < -0.39 is 6.10 Å². The van der Waals surface area contributed by atoms with E-state index in [0.717, 1.165) is 25.3 Å². The van der Waals surface area contributed by atoms with Gasteiger partial charge in [0.25, 0.3) is 0 Å². The maximum Gasteiger partial charge on any atom is 0.119 e. The minimum atomic E-state index is -0.467. The minimum Gasteiger partial charge on any atom is -1.00 e. The first-order valence-electron chi connectivity index (χ1n) is 7.87. The molecule has 3 nitrogen and oxygen atoms in total. The van der Waals surface area contributed by atoms with E-state index in [-0.39, 0.29) is 12.4 Å². The number of halogens is 1. The normalized spacial score (nSPS) is 15.4. The molecule has 2 aromatic carbocycles. The molecule has 0 saturated carbocycles. The van der Waals surface area contributed by atoms with Crippen LogP contribution in [0.25, 0.3) is 0 Å². The molecule has 0 saturated heterocycles. The molecule has 2 aromatic rings. The molecule has 1 aliphatic heterocycles. The van der Waals surface area contributed by atoms with Crippen molar-refractivity contribution in [2.75, 3.05) is 19.7 Å². The van der Waals surface area contributed by atoms with E-state index in [0.29, 0.717) is 13.2 Å². The van der Waals surface area contributed by atoms with Gasteiger partial charge >= 0.3 is 0 Å². The number of nitrogens with zero attached hydrogens (tertiary/aromatic N) is 1. The van der Waals surface area contributed by atoms with E-state index in [2.05, 4.69) is 29.2 Å². The molecule has 0 aliphatic carbocycles. The highest BCUT2D eigenvalue weighted by molar-refractivity contribution is 5.29. The van der Waals surface area contributed by atoms with Crippen LogP contribution in [0.3, 0.4) is 0 Å². The lowest BCUT2D eigenvalue weighted by Gasteiger charge is -2.30. The summed E-state index contributed by atoms with van der Waals surface area (Å²) in [5.74, 6) is 0.822. The Morgan fingerprint density at radius 2 is 1.91 bits per heavy atom. The van der Waals surface area contributed by atoms with Gasteiger partial charge in [0.1, 0.15) is 18.5 Å². The van der Waals surface area contributed by atoms with Crippen molar-refractivity contribution in [3.63, 3.8) is 0 Å². The third kappa shape index (κ3) is 4.96. The fourth-order valence-corrected chi connectivity index (χ4v) is 2.96. The van der Waals surface area contributed by atoms with Crippen LogP contribution in [0.5, 0.6) is 5.75 Å². The van der Waals surface area contributed by atoms with Gasteiger partial charge in [0.05, 0.1) is 0 Å². The summed E-state index contributed by atoms with van der Waals surface area (Å²) in [7, 11) is 0. The van der Waals surface area contributed by atoms with Crippen molar-refractivity contribution >= 4 is 0 Å². The lowest BCUT2D eigenvalue weighted by Crippen LogP contribution is -3.00. The summed E-state index contributed by atoms with van der Waals surface area (Å²) in [4.78, 5) is 2.30. The Balaban J connectivity index is 0.00000192. The van der Waals surface area contributed by atoms with Gasteiger partial charge in [0.2, 0.25) is 0 Å². The number of ether oxygens (including phenoxy) is 1. The molecule has 0 radical (unpaired) electrons. The monoisotopic (exact) mass is 332 g/mol. The number of aryl methyl sites for hydroxylation is 1. The highest BCUT2D eigenvalue weighted by Gasteiger charge is 2.18. The number of aliphatic hydroxyl groups excluding tert-OH is 1. The van der Waals surface area contributed by atoms with Crippen LogP contribution in [0.15, 0.2) is 48.5 Å². The van der Waals surface area contributed by atoms with Crippen molar-refractivity contribution in [3.8, 4) is 5.75 Å². The summed E-state index contributed by atoms with van der Waals surface area (Å²) in [6.45, 7) is 4.94. The lowest BCUT2D eigenvalue weighted by molar-refractivity contribution is -0.00000700. The number of hydrogen-bond donors (Lipinski definition) is 1. The Labute approximate surface area is 144 Å². The average molecular weight is 333 g/mol. The van der Waals surface area contributed by atoms with Gasteiger partial charge in [-0.05, 0) is 42.2 Å². The summed E-state index contributed by atoms with van der Waals surface area (Å²) in [5, 5.41) is 10.2. The Morgan fingerprint density at radius 3 is 2.70 bits per heavy atom. The van der Waals surface area contributed by atoms with Crippen molar-refractivity contribution in [3.05, 3.63) is 65.2 Å². The lowest BCUT2D eigenvalue weighted by atomic mass is 10.00. The van der Waals surface area contributed by atoms with Gasteiger partial charge in [-0.15, -0.1) is 0 Å². The number of benzene rings is 2. The van der Waals surface area contributed by atoms with Gasteiger partial charge in [-0.3, -0.25) is 4.90 Å². The zero-order valence-electron chi connectivity index (χ0n) is 13.4. The number of hydrogen-bond acceptors (Lipinski definition) is 3. The SMILES string of the molecule is Cc1cccc(OCC(O)CN2CCc3ccccc3C2)c1.[Cl-]. The van der Waals surface area contributed by atoms with Gasteiger partial charge in [-0.2, -0.15) is 0 Å². The van der Waals surface area contributed by atoms with Crippen molar-refractivity contribution in [2.45, 2.75) is 26.0 Å². The fraction of sp³-hybridized carbons (Fsp3) is 0.368. The first-order valence-corrected chi connectivity index (χ1v) is 7.87. The van der Waals surface area contributed by atoms with E-state index in [1.54, 1.807) is 0 Å². The Bertz CT molecular complexity index is 632. The van der Waals surface area contributed by atoms with Crippen LogP contribution >= 0.6 is 0 Å². The molecule has 1 heterocycles. The largest absolute Gasteiger partial charge is 1.00 e. The maximum absolute atomic E-state index is 10.2. The van der Waals surface area contributed by atoms with Crippen molar-refractivity contribution in [1.82, 2.24) is 4.90 Å². The Hall–Kier alpha value is -1.55. The third-order valence-corrected chi connectivity index (χ3v) is 4.11. The second-order valence-corrected chi connectivity index (χ2v) is 6.04. The smallest absolute Gasteiger partial charge is 0.119 e. The van der Waals surface area contributed by atoms with Crippen LogP contribution in [0.2, 0.25) is 0 Å². The molecule has 1 aliphatic rings. The summed E-state index contributed by atoms with van der Waals surface area (Å²) >= 11 is 0. The number of fused-ring (bicyclic) bond motifs is 1. The first-order chi connectivity index (χ1) is 10.7. The van der Waals surface area contributed by atoms with Gasteiger partial charge in [-0.1, -0.05) is 36.4 Å². The van der Waals surface area contributed by atoms with Gasteiger partial charge in [-0.25, -0.2) is 0 Å². The third-order valence-electron chi connectivity index (χ3n) is 4.11. The molecule has 124 valence electrons. The molecular weight excluding hydrogens is 310 g/mol. The van der Waals surface area contributed by atoms with Gasteiger partial charge < -0.3 is 22.3 Å². The zero-order chi connectivity index (χ0) is 15.4. The predicted octanol–water partition coefficient (Wildman–Crippen LogP) is -0.203. The summed E-state index contributed by atoms with van der Waals surface area (Å²) in [5.41, 5.74) is 3.98. The van der Waals surface area contributed by atoms with Crippen LogP contribution in [0.4, 0.5) is 0 Å². The van der Waals surface area contributed by atoms with E-state index in [1.807, 2.05) is 31.2 Å². The highest BCUT2D eigenvalue weighted by Crippen LogP contribution is 2.19. The Kier molecular flexibility index (Phi) is 6.46. The van der Waals surface area contributed by atoms with E-state index in [9.17, 15) is 5.11 Å². The van der Waals surface area contributed by atoms with Crippen molar-refractivity contribution < 1.29 is 22.3 Å². The molecule has 23 heavy (non-hydrogen) atoms. The van der Waals surface area contributed by atoms with E-state index in [1.165, 1.54) is 16.7 Å². The molecule has 0 spiro atoms. The minimum absolute atomic E-state index is 0. The first kappa shape index (κ1) is 17.8. The fourth-order valence-electron chi connectivity index (χ4n) is 2.96. The average Bonchev–Trinajstić information content (AvgIpc) is 2.53. The van der Waals surface area contributed by atoms with E-state index in [4.69, 9.17) is 4.74 Å². The molecule has 3 rings (SSSR count). The van der Waals surface area contributed by atoms with Crippen LogP contribution < -0.4 is 17.1 Å². The summed E-state index contributed by atoms with van der Waals surface area (Å²) in [6, 6.07) is 16.5. The number of aliphatic hydroxyl groups is 1. The maximum atomic E-state index is 10.2. The van der Waals surface area contributed by atoms with Crippen molar-refractivity contribution in [1.29, 1.82) is 0 Å². The second-order valence-electron chi connectivity index (χ2n) is 6.04. The zero-order valence-corrected chi connectivity index (χ0v) is 14.2. The molecule has 1 unspecified atom stereocenters. The summed E-state index contributed by atoms with van der Waals surface area (Å²) < 4.78 is 5.68. The highest BCUT2D eigenvalue weighted by atomic mass is 35.5. The van der Waals surface area contributed by atoms with Crippen LogP contribution in [-0.2, 0) is 13.0 Å². The quantitative estimate of drug-likeness (QED) is 0.823. The Morgan fingerprint density at radius 1 is 1.13 bits per heavy atom. The van der Waals surface area contributed by atoms with Gasteiger partial charge in [0, 0.05) is 19.6 Å². The summed E-state index contributed by atoms with van der Waals surface area (Å²) in [6.07, 6.45) is 0.590. The van der Waals surface area contributed by atoms with Crippen LogP contribution in [0, 0.1) is 6.92 Å². The molecular formula is C19H23ClNO2-. The number of rotatable bonds is 5. The molecule has 1 atom stereocenters.